The van der Waals surface area contributed by atoms with E-state index in [0.29, 0.717) is 6.04 Å². The number of rotatable bonds is 7. The van der Waals surface area contributed by atoms with Gasteiger partial charge in [0, 0.05) is 16.5 Å². The highest BCUT2D eigenvalue weighted by Crippen LogP contribution is 2.13. The second-order valence-corrected chi connectivity index (χ2v) is 6.35. The van der Waals surface area contributed by atoms with E-state index >= 15 is 0 Å². The first-order valence-corrected chi connectivity index (χ1v) is 8.17. The Morgan fingerprint density at radius 2 is 1.86 bits per heavy atom. The van der Waals surface area contributed by atoms with Gasteiger partial charge in [-0.2, -0.15) is 0 Å². The van der Waals surface area contributed by atoms with Crippen LogP contribution in [0, 0.1) is 0 Å². The number of benzene rings is 2. The first kappa shape index (κ1) is 16.1. The predicted octanol–water partition coefficient (Wildman–Crippen LogP) is 3.54. The third kappa shape index (κ3) is 5.52. The fourth-order valence-corrected chi connectivity index (χ4v) is 2.75. The van der Waals surface area contributed by atoms with Crippen molar-refractivity contribution in [1.29, 1.82) is 0 Å². The van der Waals surface area contributed by atoms with Crippen LogP contribution in [0.15, 0.2) is 53.0 Å². The number of hydrogen-bond donors (Lipinski definition) is 1. The molecule has 0 amide bonds. The highest BCUT2D eigenvalue weighted by Gasteiger charge is 2.06. The van der Waals surface area contributed by atoms with Gasteiger partial charge in [-0.3, -0.25) is 0 Å². The summed E-state index contributed by atoms with van der Waals surface area (Å²) in [6.45, 7) is 3.32. The van der Waals surface area contributed by atoms with Gasteiger partial charge in [-0.05, 0) is 43.2 Å². The van der Waals surface area contributed by atoms with Crippen LogP contribution in [0.5, 0.6) is 5.75 Å². The maximum absolute atomic E-state index is 5.18. The van der Waals surface area contributed by atoms with Gasteiger partial charge in [0.1, 0.15) is 12.3 Å². The van der Waals surface area contributed by atoms with E-state index in [0.717, 1.165) is 23.2 Å². The van der Waals surface area contributed by atoms with Gasteiger partial charge in [0.25, 0.3) is 0 Å². The lowest BCUT2D eigenvalue weighted by molar-refractivity contribution is -0.701. The van der Waals surface area contributed by atoms with Crippen molar-refractivity contribution in [2.75, 3.05) is 7.11 Å². The Kier molecular flexibility index (Phi) is 6.27. The number of aryl methyl sites for hydroxylation is 1. The van der Waals surface area contributed by atoms with Crippen molar-refractivity contribution in [3.05, 3.63) is 64.1 Å². The van der Waals surface area contributed by atoms with E-state index in [9.17, 15) is 0 Å². The molecule has 0 radical (unpaired) electrons. The Bertz CT molecular complexity index is 553. The number of nitrogens with two attached hydrogens (primary N) is 1. The maximum atomic E-state index is 5.18. The van der Waals surface area contributed by atoms with Crippen LogP contribution in [0.4, 0.5) is 0 Å². The van der Waals surface area contributed by atoms with Gasteiger partial charge >= 0.3 is 0 Å². The summed E-state index contributed by atoms with van der Waals surface area (Å²) in [7, 11) is 1.70. The van der Waals surface area contributed by atoms with Crippen molar-refractivity contribution in [2.45, 2.75) is 32.4 Å². The summed E-state index contributed by atoms with van der Waals surface area (Å²) in [5.41, 5.74) is 2.74. The van der Waals surface area contributed by atoms with Gasteiger partial charge in [0.05, 0.1) is 13.2 Å². The summed E-state index contributed by atoms with van der Waals surface area (Å²) in [6.07, 6.45) is 2.29. The van der Waals surface area contributed by atoms with Gasteiger partial charge in [0.2, 0.25) is 0 Å². The van der Waals surface area contributed by atoms with E-state index < -0.39 is 0 Å². The molecular formula is C18H23BrNO+. The van der Waals surface area contributed by atoms with Crippen molar-refractivity contribution in [3.8, 4) is 5.75 Å². The fourth-order valence-electron chi connectivity index (χ4n) is 2.31. The maximum Gasteiger partial charge on any atom is 0.118 e. The van der Waals surface area contributed by atoms with Crippen molar-refractivity contribution < 1.29 is 10.1 Å². The van der Waals surface area contributed by atoms with Gasteiger partial charge in [-0.15, -0.1) is 0 Å². The van der Waals surface area contributed by atoms with Crippen molar-refractivity contribution in [2.24, 2.45) is 0 Å². The molecule has 0 saturated carbocycles. The number of halogens is 1. The average molecular weight is 349 g/mol. The molecule has 0 heterocycles. The smallest absolute Gasteiger partial charge is 0.118 e. The molecule has 0 aliphatic rings. The van der Waals surface area contributed by atoms with E-state index in [1.54, 1.807) is 7.11 Å². The fraction of sp³-hybridized carbons (Fsp3) is 0.333. The van der Waals surface area contributed by atoms with Gasteiger partial charge in [0.15, 0.2) is 0 Å². The third-order valence-electron chi connectivity index (χ3n) is 3.69. The Hall–Kier alpha value is -1.32. The van der Waals surface area contributed by atoms with Crippen LogP contribution >= 0.6 is 15.9 Å². The second-order valence-electron chi connectivity index (χ2n) is 5.43. The molecule has 2 aromatic carbocycles. The molecule has 0 spiro atoms. The van der Waals surface area contributed by atoms with Crippen LogP contribution in [0.25, 0.3) is 0 Å². The molecule has 2 nitrogen and oxygen atoms in total. The van der Waals surface area contributed by atoms with Gasteiger partial charge < -0.3 is 10.1 Å². The lowest BCUT2D eigenvalue weighted by atomic mass is 10.1. The lowest BCUT2D eigenvalue weighted by Crippen LogP contribution is -2.87. The van der Waals surface area contributed by atoms with Crippen LogP contribution < -0.4 is 10.1 Å². The summed E-state index contributed by atoms with van der Waals surface area (Å²) < 4.78 is 6.33. The van der Waals surface area contributed by atoms with E-state index in [1.165, 1.54) is 17.5 Å². The van der Waals surface area contributed by atoms with E-state index in [-0.39, 0.29) is 0 Å². The molecule has 0 aliphatic carbocycles. The first-order valence-electron chi connectivity index (χ1n) is 7.38. The molecular weight excluding hydrogens is 326 g/mol. The molecule has 0 saturated heterocycles. The number of methoxy groups -OCH3 is 1. The van der Waals surface area contributed by atoms with Crippen LogP contribution in [0.2, 0.25) is 0 Å². The highest BCUT2D eigenvalue weighted by atomic mass is 79.9. The van der Waals surface area contributed by atoms with E-state index in [4.69, 9.17) is 4.74 Å². The predicted molar refractivity (Wildman–Crippen MR) is 90.5 cm³/mol. The standard InChI is InChI=1S/C18H22BrNO/c1-14(20-13-16-4-3-5-17(19)12-16)6-7-15-8-10-18(21-2)11-9-15/h3-5,8-12,14,20H,6-7,13H2,1-2H3/p+1/t14-/m1/s1. The van der Waals surface area contributed by atoms with Crippen LogP contribution in [0.3, 0.4) is 0 Å². The summed E-state index contributed by atoms with van der Waals surface area (Å²) in [4.78, 5) is 0. The number of quaternary nitrogens is 1. The second kappa shape index (κ2) is 8.20. The Morgan fingerprint density at radius 3 is 2.52 bits per heavy atom. The summed E-state index contributed by atoms with van der Waals surface area (Å²) in [6, 6.07) is 17.5. The molecule has 112 valence electrons. The minimum atomic E-state index is 0.617. The van der Waals surface area contributed by atoms with Crippen LogP contribution in [-0.4, -0.2) is 13.2 Å². The normalized spacial score (nSPS) is 12.1. The highest BCUT2D eigenvalue weighted by molar-refractivity contribution is 9.10. The quantitative estimate of drug-likeness (QED) is 0.813. The van der Waals surface area contributed by atoms with Crippen molar-refractivity contribution in [3.63, 3.8) is 0 Å². The van der Waals surface area contributed by atoms with E-state index in [1.807, 2.05) is 12.1 Å². The zero-order chi connectivity index (χ0) is 15.1. The zero-order valence-corrected chi connectivity index (χ0v) is 14.3. The van der Waals surface area contributed by atoms with Crippen molar-refractivity contribution >= 4 is 15.9 Å². The SMILES string of the molecule is COc1ccc(CC[C@@H](C)[NH2+]Cc2cccc(Br)c2)cc1. The molecule has 0 fully saturated rings. The molecule has 1 atom stereocenters. The Labute approximate surface area is 135 Å². The molecule has 2 rings (SSSR count). The van der Waals surface area contributed by atoms with Crippen molar-refractivity contribution in [1.82, 2.24) is 0 Å². The minimum absolute atomic E-state index is 0.617. The zero-order valence-electron chi connectivity index (χ0n) is 12.7. The first-order chi connectivity index (χ1) is 10.2. The molecule has 0 aliphatic heterocycles. The Morgan fingerprint density at radius 1 is 1.10 bits per heavy atom. The van der Waals surface area contributed by atoms with Crippen LogP contribution in [0.1, 0.15) is 24.5 Å². The van der Waals surface area contributed by atoms with E-state index in [2.05, 4.69) is 64.6 Å². The molecule has 21 heavy (non-hydrogen) atoms. The molecule has 0 aromatic heterocycles. The molecule has 0 bridgehead atoms. The van der Waals surface area contributed by atoms with Gasteiger partial charge in [-0.25, -0.2) is 0 Å². The summed E-state index contributed by atoms with van der Waals surface area (Å²) >= 11 is 3.52. The minimum Gasteiger partial charge on any atom is -0.497 e. The monoisotopic (exact) mass is 348 g/mol. The average Bonchev–Trinajstić information content (AvgIpc) is 2.51. The molecule has 3 heteroatoms. The largest absolute Gasteiger partial charge is 0.497 e. The van der Waals surface area contributed by atoms with Gasteiger partial charge in [-0.1, -0.05) is 40.2 Å². The number of ether oxygens (including phenoxy) is 1. The third-order valence-corrected chi connectivity index (χ3v) is 4.19. The topological polar surface area (TPSA) is 25.8 Å². The molecule has 2 N–H and O–H groups in total. The summed E-state index contributed by atoms with van der Waals surface area (Å²) in [5, 5.41) is 2.41. The van der Waals surface area contributed by atoms with Crippen LogP contribution in [-0.2, 0) is 13.0 Å². The Balaban J connectivity index is 1.75. The number of hydrogen-bond acceptors (Lipinski definition) is 1. The molecule has 2 aromatic rings. The summed E-state index contributed by atoms with van der Waals surface area (Å²) in [5.74, 6) is 0.924. The lowest BCUT2D eigenvalue weighted by Gasteiger charge is -2.11. The molecule has 0 unspecified atom stereocenters.